The molecule has 0 amide bonds. The van der Waals surface area contributed by atoms with Gasteiger partial charge in [0.1, 0.15) is 84.7 Å². The van der Waals surface area contributed by atoms with Crippen molar-refractivity contribution in [2.24, 2.45) is 0 Å². The standard InChI is InChI=1S/2C20H24FN5OS.3C20H20N6O2/c2*1-11-23-16(10-28-11)13-3-4-14(13)17-24-18-15(19(27)25-17)9-22-26(18)12-5-7-20(2,21)8-6-12;3*1-10-6-7-21-9-16(10)26-18-15(8-22-26)19(27)25-17(24-18)13-4-5-14(13)20-23-11(2)12(3)28-20/h2*9-10,12-14H,3-8H2,1-2H3,(H,24,25,27);3*6-9,13-14H,4-5H2,1-3H3,(H,24,25,27)/t12?,13-,14-,20?;;2*13-,14+;13-,14-/m1.101/s1. The Morgan fingerprint density at radius 2 is 0.579 bits per heavy atom. The fourth-order valence-corrected chi connectivity index (χ4v) is 21.7. The molecule has 36 nitrogen and oxygen atoms in total. The number of alkyl halides is 2. The molecular formula is C100H108F2N28O8S2. The minimum atomic E-state index is -1.10. The van der Waals surface area contributed by atoms with Crippen molar-refractivity contribution in [1.82, 2.24) is 139 Å². The molecule has 0 bridgehead atoms. The topological polar surface area (TPSA) is 460 Å². The van der Waals surface area contributed by atoms with E-state index < -0.39 is 11.3 Å². The monoisotopic (exact) mass is 1930 g/mol. The van der Waals surface area contributed by atoms with Crippen molar-refractivity contribution in [2.45, 2.75) is 288 Å². The summed E-state index contributed by atoms with van der Waals surface area (Å²) in [5.74, 6) is 9.72. The molecule has 7 aliphatic carbocycles. The van der Waals surface area contributed by atoms with Gasteiger partial charge in [-0.3, -0.25) is 38.9 Å². The molecule has 7 fully saturated rings. The van der Waals surface area contributed by atoms with Gasteiger partial charge < -0.3 is 38.2 Å². The Morgan fingerprint density at radius 3 is 0.821 bits per heavy atom. The minimum absolute atomic E-state index is 0.0768. The first-order valence-electron chi connectivity index (χ1n) is 48.1. The first-order valence-corrected chi connectivity index (χ1v) is 49.8. The molecule has 40 heteroatoms. The second kappa shape index (κ2) is 36.9. The summed E-state index contributed by atoms with van der Waals surface area (Å²) in [6.07, 6.45) is 33.0. The molecule has 2 unspecified atom stereocenters. The number of H-pyrrole nitrogens is 5. The lowest BCUT2D eigenvalue weighted by Crippen LogP contribution is -2.29. The maximum absolute atomic E-state index is 14.2. The molecule has 722 valence electrons. The highest BCUT2D eigenvalue weighted by Crippen LogP contribution is 2.53. The Labute approximate surface area is 807 Å². The predicted molar refractivity (Wildman–Crippen MR) is 522 cm³/mol. The van der Waals surface area contributed by atoms with E-state index in [1.807, 2.05) is 104 Å². The zero-order chi connectivity index (χ0) is 97.2. The maximum Gasteiger partial charge on any atom is 0.262 e. The van der Waals surface area contributed by atoms with Crippen LogP contribution in [0.1, 0.15) is 320 Å². The number of thiazole rings is 2. The molecule has 7 saturated carbocycles. The van der Waals surface area contributed by atoms with Gasteiger partial charge in [0.2, 0.25) is 0 Å². The van der Waals surface area contributed by atoms with Crippen molar-refractivity contribution in [3.8, 4) is 17.1 Å². The average molecular weight is 1930 g/mol. The van der Waals surface area contributed by atoms with Gasteiger partial charge >= 0.3 is 0 Å². The number of aryl methyl sites for hydroxylation is 11. The largest absolute Gasteiger partial charge is 0.445 e. The lowest BCUT2D eigenvalue weighted by molar-refractivity contribution is 0.103. The molecule has 18 heterocycles. The van der Waals surface area contributed by atoms with Crippen molar-refractivity contribution in [3.05, 3.63) is 268 Å². The minimum Gasteiger partial charge on any atom is -0.445 e. The average Bonchev–Trinajstić information content (AvgIpc) is 1.59. The summed E-state index contributed by atoms with van der Waals surface area (Å²) in [7, 11) is 0. The summed E-state index contributed by atoms with van der Waals surface area (Å²) in [4.78, 5) is 138. The fraction of sp³-hybridized carbons (Fsp3) is 0.450. The van der Waals surface area contributed by atoms with Crippen LogP contribution >= 0.6 is 22.7 Å². The Morgan fingerprint density at radius 1 is 0.321 bits per heavy atom. The number of aromatic nitrogens is 28. The second-order valence-electron chi connectivity index (χ2n) is 39.2. The van der Waals surface area contributed by atoms with E-state index in [1.165, 1.54) is 0 Å². The smallest absolute Gasteiger partial charge is 0.262 e. The molecule has 0 spiro atoms. The van der Waals surface area contributed by atoms with Crippen LogP contribution in [-0.2, 0) is 0 Å². The quantitative estimate of drug-likeness (QED) is 0.0636. The Balaban J connectivity index is 0.000000104. The fourth-order valence-electron chi connectivity index (χ4n) is 20.4. The number of hydrogen-bond acceptors (Lipinski definition) is 28. The van der Waals surface area contributed by atoms with Gasteiger partial charge in [0.15, 0.2) is 45.9 Å². The summed E-state index contributed by atoms with van der Waals surface area (Å²) in [5, 5.41) is 30.8. The molecule has 140 heavy (non-hydrogen) atoms. The van der Waals surface area contributed by atoms with Crippen molar-refractivity contribution in [2.75, 3.05) is 0 Å². The van der Waals surface area contributed by atoms with Gasteiger partial charge in [0.25, 0.3) is 27.8 Å². The Hall–Kier alpha value is -14.1. The van der Waals surface area contributed by atoms with E-state index >= 15 is 0 Å². The van der Waals surface area contributed by atoms with Crippen LogP contribution < -0.4 is 27.8 Å². The molecule has 5 N–H and O–H groups in total. The number of rotatable bonds is 15. The summed E-state index contributed by atoms with van der Waals surface area (Å²) >= 11 is 3.32. The number of nitrogens with one attached hydrogen (secondary N) is 5. The highest BCUT2D eigenvalue weighted by molar-refractivity contribution is 7.09. The molecule has 10 atom stereocenters. The van der Waals surface area contributed by atoms with Crippen LogP contribution in [0.3, 0.4) is 0 Å². The van der Waals surface area contributed by atoms with Crippen molar-refractivity contribution < 1.29 is 22.0 Å². The molecule has 25 rings (SSSR count). The van der Waals surface area contributed by atoms with E-state index in [-0.39, 0.29) is 87.2 Å². The van der Waals surface area contributed by atoms with Gasteiger partial charge in [-0.1, -0.05) is 0 Å². The number of nitrogens with zero attached hydrogens (tertiary/aromatic N) is 23. The van der Waals surface area contributed by atoms with Crippen LogP contribution in [0.25, 0.3) is 72.2 Å². The number of aromatic amines is 5. The Kier molecular flexibility index (Phi) is 24.4. The van der Waals surface area contributed by atoms with E-state index in [0.717, 1.165) is 209 Å². The molecule has 0 saturated heterocycles. The molecule has 7 aliphatic rings. The number of fused-ring (bicyclic) bond motifs is 5. The number of hydrogen-bond donors (Lipinski definition) is 5. The second-order valence-corrected chi connectivity index (χ2v) is 41.3. The van der Waals surface area contributed by atoms with Gasteiger partial charge in [-0.2, -0.15) is 25.5 Å². The van der Waals surface area contributed by atoms with Crippen LogP contribution in [-0.4, -0.2) is 150 Å². The van der Waals surface area contributed by atoms with Gasteiger partial charge in [-0.25, -0.2) is 82.0 Å². The van der Waals surface area contributed by atoms with Crippen molar-refractivity contribution in [3.63, 3.8) is 0 Å². The predicted octanol–water partition coefficient (Wildman–Crippen LogP) is 18.0. The first kappa shape index (κ1) is 92.3. The number of oxazole rings is 3. The van der Waals surface area contributed by atoms with Gasteiger partial charge in [-0.15, -0.1) is 22.7 Å². The molecule has 0 aromatic carbocycles. The van der Waals surface area contributed by atoms with Crippen molar-refractivity contribution in [1.29, 1.82) is 0 Å². The molecule has 18 aromatic rings. The molecular weight excluding hydrogens is 1820 g/mol. The zero-order valence-electron chi connectivity index (χ0n) is 80.0. The van der Waals surface area contributed by atoms with E-state index in [1.54, 1.807) is 119 Å². The third kappa shape index (κ3) is 17.5. The number of halogens is 2. The van der Waals surface area contributed by atoms with E-state index in [4.69, 9.17) is 38.2 Å². The first-order chi connectivity index (χ1) is 67.4. The maximum atomic E-state index is 14.2. The molecule has 0 radical (unpaired) electrons. The van der Waals surface area contributed by atoms with Crippen LogP contribution in [0.5, 0.6) is 0 Å². The van der Waals surface area contributed by atoms with Gasteiger partial charge in [-0.05, 0) is 240 Å². The Bertz CT molecular complexity index is 7370. The number of pyridine rings is 3. The summed E-state index contributed by atoms with van der Waals surface area (Å²) in [6.45, 7) is 24.9. The zero-order valence-corrected chi connectivity index (χ0v) is 81.7. The summed E-state index contributed by atoms with van der Waals surface area (Å²) in [5.41, 5.74) is 10.2. The third-order valence-electron chi connectivity index (χ3n) is 30.0. The van der Waals surface area contributed by atoms with Crippen LogP contribution in [0.4, 0.5) is 8.78 Å². The SMILES string of the molecule is Cc1ccncc1-n1ncc2c(=O)[nH]c([C@@H]3CC[C@@H]3c3nc(C)c(C)o3)nc21.Cc1ccncc1-n1ncc2c(=O)[nH]c([C@@H]3CC[C@H]3c3nc(C)c(C)o3)nc21.Cc1ccncc1-n1ncc2c(=O)[nH]c([C@H]3CC[C@H]3c3nc(C)c(C)o3)nc21.Cc1nc(C2CCC2c2nc3c(cnn3C3CCC(C)(F)CC3)c(=O)[nH]2)cs1.Cc1nc([C@@H]2CC[C@H]2c2nc3c(cnn3C3CCC(C)(F)CC3)c(=O)[nH]2)cs1. The molecule has 18 aromatic heterocycles. The highest BCUT2D eigenvalue weighted by atomic mass is 32.1. The summed E-state index contributed by atoms with van der Waals surface area (Å²) in [6, 6.07) is 5.92. The van der Waals surface area contributed by atoms with Crippen LogP contribution in [0.15, 0.2) is 134 Å². The summed E-state index contributed by atoms with van der Waals surface area (Å²) < 4.78 is 54.6. The molecule has 0 aliphatic heterocycles. The van der Waals surface area contributed by atoms with Crippen molar-refractivity contribution >= 4 is 77.8 Å². The highest BCUT2D eigenvalue weighted by Gasteiger charge is 2.45. The van der Waals surface area contributed by atoms with Crippen LogP contribution in [0.2, 0.25) is 0 Å². The normalized spacial score (nSPS) is 23.6. The van der Waals surface area contributed by atoms with Gasteiger partial charge in [0, 0.05) is 88.5 Å². The lowest BCUT2D eigenvalue weighted by atomic mass is 9.71. The lowest BCUT2D eigenvalue weighted by Gasteiger charge is -2.34. The van der Waals surface area contributed by atoms with Gasteiger partial charge in [0.05, 0.1) is 117 Å². The third-order valence-corrected chi connectivity index (χ3v) is 31.6. The van der Waals surface area contributed by atoms with E-state index in [2.05, 4.69) is 101 Å². The van der Waals surface area contributed by atoms with E-state index in [0.29, 0.717) is 110 Å². The van der Waals surface area contributed by atoms with Crippen LogP contribution in [0, 0.1) is 76.2 Å². The van der Waals surface area contributed by atoms with E-state index in [9.17, 15) is 32.8 Å².